The van der Waals surface area contributed by atoms with Crippen LogP contribution in [0, 0.1) is 5.92 Å². The van der Waals surface area contributed by atoms with Crippen LogP contribution < -0.4 is 5.32 Å². The van der Waals surface area contributed by atoms with Gasteiger partial charge in [0.05, 0.1) is 11.6 Å². The van der Waals surface area contributed by atoms with Crippen LogP contribution in [0.25, 0.3) is 0 Å². The molecule has 1 aromatic rings. The summed E-state index contributed by atoms with van der Waals surface area (Å²) < 4.78 is 26.2. The first-order valence-electron chi connectivity index (χ1n) is 7.64. The smallest absolute Gasteiger partial charge is 0.216 e. The summed E-state index contributed by atoms with van der Waals surface area (Å²) in [6.07, 6.45) is 5.32. The SMILES string of the molecule is CC[C@@H]1CN(S(=O)(=O)C(C)C)CC[C@@H]1NCc1cnc[nH]1. The molecule has 0 bridgehead atoms. The fourth-order valence-electron chi connectivity index (χ4n) is 2.83. The van der Waals surface area contributed by atoms with E-state index >= 15 is 0 Å². The largest absolute Gasteiger partial charge is 0.347 e. The second kappa shape index (κ2) is 6.89. The van der Waals surface area contributed by atoms with Crippen molar-refractivity contribution < 1.29 is 8.42 Å². The molecule has 0 amide bonds. The number of nitrogens with one attached hydrogen (secondary N) is 2. The van der Waals surface area contributed by atoms with Gasteiger partial charge < -0.3 is 10.3 Å². The van der Waals surface area contributed by atoms with Crippen LogP contribution in [0.15, 0.2) is 12.5 Å². The maximum atomic E-state index is 12.3. The molecular formula is C14H26N4O2S. The molecule has 2 atom stereocenters. The molecule has 2 rings (SSSR count). The molecule has 0 aromatic carbocycles. The fraction of sp³-hybridized carbons (Fsp3) is 0.786. The Morgan fingerprint density at radius 3 is 2.86 bits per heavy atom. The van der Waals surface area contributed by atoms with Crippen molar-refractivity contribution in [1.29, 1.82) is 0 Å². The zero-order chi connectivity index (χ0) is 15.5. The molecule has 0 unspecified atom stereocenters. The molecule has 0 radical (unpaired) electrons. The highest BCUT2D eigenvalue weighted by Crippen LogP contribution is 2.24. The molecule has 1 aliphatic rings. The van der Waals surface area contributed by atoms with Gasteiger partial charge >= 0.3 is 0 Å². The van der Waals surface area contributed by atoms with Crippen LogP contribution in [0.2, 0.25) is 0 Å². The van der Waals surface area contributed by atoms with Crippen molar-refractivity contribution in [2.45, 2.75) is 51.4 Å². The van der Waals surface area contributed by atoms with E-state index in [2.05, 4.69) is 22.2 Å². The van der Waals surface area contributed by atoms with E-state index in [0.717, 1.165) is 25.1 Å². The molecule has 120 valence electrons. The minimum absolute atomic E-state index is 0.343. The van der Waals surface area contributed by atoms with Crippen molar-refractivity contribution in [1.82, 2.24) is 19.6 Å². The van der Waals surface area contributed by atoms with Gasteiger partial charge in [-0.1, -0.05) is 13.3 Å². The molecule has 2 heterocycles. The van der Waals surface area contributed by atoms with Crippen LogP contribution in [-0.2, 0) is 16.6 Å². The zero-order valence-electron chi connectivity index (χ0n) is 13.0. The summed E-state index contributed by atoms with van der Waals surface area (Å²) in [7, 11) is -3.14. The Morgan fingerprint density at radius 1 is 1.52 bits per heavy atom. The summed E-state index contributed by atoms with van der Waals surface area (Å²) >= 11 is 0. The summed E-state index contributed by atoms with van der Waals surface area (Å²) in [5.41, 5.74) is 1.06. The second-order valence-electron chi connectivity index (χ2n) is 5.97. The number of sulfonamides is 1. The lowest BCUT2D eigenvalue weighted by Gasteiger charge is -2.38. The molecule has 1 saturated heterocycles. The third-order valence-corrected chi connectivity index (χ3v) is 6.53. The summed E-state index contributed by atoms with van der Waals surface area (Å²) in [5, 5.41) is 3.19. The Labute approximate surface area is 127 Å². The van der Waals surface area contributed by atoms with Crippen LogP contribution in [0.3, 0.4) is 0 Å². The Hall–Kier alpha value is -0.920. The number of rotatable bonds is 6. The standard InChI is InChI=1S/C14H26N4O2S/c1-4-12-9-18(21(19,20)11(2)3)6-5-14(12)16-8-13-7-15-10-17-13/h7,10-12,14,16H,4-6,8-9H2,1-3H3,(H,15,17)/t12-,14+/m1/s1. The van der Waals surface area contributed by atoms with Crippen molar-refractivity contribution >= 4 is 10.0 Å². The number of nitrogens with zero attached hydrogens (tertiary/aromatic N) is 2. The van der Waals surface area contributed by atoms with Gasteiger partial charge in [-0.05, 0) is 26.2 Å². The lowest BCUT2D eigenvalue weighted by Crippen LogP contribution is -2.52. The van der Waals surface area contributed by atoms with E-state index in [1.165, 1.54) is 0 Å². The van der Waals surface area contributed by atoms with Crippen molar-refractivity contribution in [2.24, 2.45) is 5.92 Å². The number of imidazole rings is 1. The van der Waals surface area contributed by atoms with Gasteiger partial charge in [-0.2, -0.15) is 0 Å². The van der Waals surface area contributed by atoms with Crippen molar-refractivity contribution in [3.8, 4) is 0 Å². The molecule has 21 heavy (non-hydrogen) atoms. The monoisotopic (exact) mass is 314 g/mol. The Bertz CT molecular complexity index is 527. The number of hydrogen-bond acceptors (Lipinski definition) is 4. The van der Waals surface area contributed by atoms with Gasteiger partial charge in [-0.25, -0.2) is 17.7 Å². The summed E-state index contributed by atoms with van der Waals surface area (Å²) in [4.78, 5) is 7.08. The average Bonchev–Trinajstić information content (AvgIpc) is 2.97. The first-order chi connectivity index (χ1) is 9.95. The minimum Gasteiger partial charge on any atom is -0.347 e. The number of aromatic nitrogens is 2. The first-order valence-corrected chi connectivity index (χ1v) is 9.15. The Balaban J connectivity index is 1.95. The van der Waals surface area contributed by atoms with E-state index in [-0.39, 0.29) is 5.25 Å². The number of aromatic amines is 1. The van der Waals surface area contributed by atoms with Gasteiger partial charge in [0.25, 0.3) is 0 Å². The molecule has 6 nitrogen and oxygen atoms in total. The van der Waals surface area contributed by atoms with Gasteiger partial charge in [0.1, 0.15) is 0 Å². The molecule has 1 fully saturated rings. The predicted octanol–water partition coefficient (Wildman–Crippen LogP) is 1.34. The topological polar surface area (TPSA) is 78.1 Å². The summed E-state index contributed by atoms with van der Waals surface area (Å²) in [6.45, 7) is 7.60. The van der Waals surface area contributed by atoms with Crippen LogP contribution in [0.5, 0.6) is 0 Å². The van der Waals surface area contributed by atoms with E-state index in [1.54, 1.807) is 24.5 Å². The van der Waals surface area contributed by atoms with Crippen LogP contribution in [0.4, 0.5) is 0 Å². The number of H-pyrrole nitrogens is 1. The highest BCUT2D eigenvalue weighted by Gasteiger charge is 2.34. The van der Waals surface area contributed by atoms with Gasteiger partial charge in [-0.3, -0.25) is 0 Å². The van der Waals surface area contributed by atoms with Crippen molar-refractivity contribution in [2.75, 3.05) is 13.1 Å². The average molecular weight is 314 g/mol. The minimum atomic E-state index is -3.14. The molecule has 2 N–H and O–H groups in total. The van der Waals surface area contributed by atoms with Crippen LogP contribution >= 0.6 is 0 Å². The van der Waals surface area contributed by atoms with Crippen molar-refractivity contribution in [3.05, 3.63) is 18.2 Å². The van der Waals surface area contributed by atoms with Crippen molar-refractivity contribution in [3.63, 3.8) is 0 Å². The summed E-state index contributed by atoms with van der Waals surface area (Å²) in [5.74, 6) is 0.357. The van der Waals surface area contributed by atoms with Gasteiger partial charge in [-0.15, -0.1) is 0 Å². The molecule has 1 aliphatic heterocycles. The first kappa shape index (κ1) is 16.5. The maximum absolute atomic E-state index is 12.3. The van der Waals surface area contributed by atoms with Crippen LogP contribution in [0.1, 0.15) is 39.3 Å². The molecule has 0 aliphatic carbocycles. The number of hydrogen-bond donors (Lipinski definition) is 2. The zero-order valence-corrected chi connectivity index (χ0v) is 13.9. The highest BCUT2D eigenvalue weighted by atomic mass is 32.2. The third-order valence-electron chi connectivity index (χ3n) is 4.29. The fourth-order valence-corrected chi connectivity index (χ4v) is 4.19. The Kier molecular flexibility index (Phi) is 5.40. The van der Waals surface area contributed by atoms with E-state index < -0.39 is 10.0 Å². The van der Waals surface area contributed by atoms with Crippen LogP contribution in [-0.4, -0.2) is 47.1 Å². The lowest BCUT2D eigenvalue weighted by atomic mass is 9.91. The second-order valence-corrected chi connectivity index (χ2v) is 8.46. The van der Waals surface area contributed by atoms with Gasteiger partial charge in [0.2, 0.25) is 10.0 Å². The molecular weight excluding hydrogens is 288 g/mol. The lowest BCUT2D eigenvalue weighted by molar-refractivity contribution is 0.200. The maximum Gasteiger partial charge on any atom is 0.216 e. The van der Waals surface area contributed by atoms with Gasteiger partial charge in [0, 0.05) is 37.6 Å². The van der Waals surface area contributed by atoms with E-state index in [1.807, 2.05) is 6.20 Å². The Morgan fingerprint density at radius 2 is 2.29 bits per heavy atom. The van der Waals surface area contributed by atoms with E-state index in [9.17, 15) is 8.42 Å². The third kappa shape index (κ3) is 3.84. The molecule has 7 heteroatoms. The normalized spacial score (nSPS) is 24.6. The van der Waals surface area contributed by atoms with E-state index in [4.69, 9.17) is 0 Å². The molecule has 0 saturated carbocycles. The highest BCUT2D eigenvalue weighted by molar-refractivity contribution is 7.89. The quantitative estimate of drug-likeness (QED) is 0.830. The van der Waals surface area contributed by atoms with Gasteiger partial charge in [0.15, 0.2) is 0 Å². The van der Waals surface area contributed by atoms with E-state index in [0.29, 0.717) is 25.0 Å². The molecule has 0 spiro atoms. The molecule has 1 aromatic heterocycles. The number of piperidine rings is 1. The summed E-state index contributed by atoms with van der Waals surface area (Å²) in [6, 6.07) is 0.358. The predicted molar refractivity (Wildman–Crippen MR) is 83.2 cm³/mol.